The van der Waals surface area contributed by atoms with E-state index in [0.29, 0.717) is 23.3 Å². The van der Waals surface area contributed by atoms with E-state index in [1.165, 1.54) is 4.68 Å². The number of aliphatic hydroxyl groups excluding tert-OH is 1. The van der Waals surface area contributed by atoms with Gasteiger partial charge in [-0.15, -0.1) is 11.3 Å². The first kappa shape index (κ1) is 18.8. The quantitative estimate of drug-likeness (QED) is 0.539. The van der Waals surface area contributed by atoms with E-state index in [1.54, 1.807) is 42.8 Å². The number of hydrogen-bond donors (Lipinski definition) is 3. The highest BCUT2D eigenvalue weighted by Gasteiger charge is 2.22. The molecule has 0 aliphatic rings. The summed E-state index contributed by atoms with van der Waals surface area (Å²) in [6, 6.07) is 4.06. The standard InChI is InChI=1S/C17H19N5O4S/c1-9-19-6-11(27-9)8-26-10-3-4-13-12(5-10)15(22(2)21-13)17(25)20-14(7-23)16(18)24/h3-6,14,23H,7-8H2,1-2H3,(H2,18,24)(H,20,25)/t14-/m0/s1. The van der Waals surface area contributed by atoms with Crippen LogP contribution in [0.2, 0.25) is 0 Å². The summed E-state index contributed by atoms with van der Waals surface area (Å²) >= 11 is 1.55. The molecule has 0 aliphatic carbocycles. The van der Waals surface area contributed by atoms with Crippen LogP contribution in [0.15, 0.2) is 24.4 Å². The monoisotopic (exact) mass is 389 g/mol. The molecular weight excluding hydrogens is 370 g/mol. The Balaban J connectivity index is 1.85. The molecule has 2 heterocycles. The van der Waals surface area contributed by atoms with Crippen LogP contribution in [0.1, 0.15) is 20.4 Å². The van der Waals surface area contributed by atoms with E-state index in [4.69, 9.17) is 10.5 Å². The third-order valence-corrected chi connectivity index (χ3v) is 4.79. The minimum Gasteiger partial charge on any atom is -0.488 e. The molecule has 3 aromatic rings. The summed E-state index contributed by atoms with van der Waals surface area (Å²) in [7, 11) is 1.62. The molecule has 10 heteroatoms. The maximum Gasteiger partial charge on any atom is 0.270 e. The first-order valence-electron chi connectivity index (χ1n) is 8.11. The molecule has 4 N–H and O–H groups in total. The molecule has 3 rings (SSSR count). The number of aryl methyl sites for hydroxylation is 2. The number of fused-ring (bicyclic) bond motifs is 1. The van der Waals surface area contributed by atoms with Gasteiger partial charge >= 0.3 is 0 Å². The largest absolute Gasteiger partial charge is 0.488 e. The first-order valence-corrected chi connectivity index (χ1v) is 8.92. The Bertz CT molecular complexity index is 997. The number of nitrogens with zero attached hydrogens (tertiary/aromatic N) is 3. The maximum absolute atomic E-state index is 12.6. The summed E-state index contributed by atoms with van der Waals surface area (Å²) in [4.78, 5) is 29.0. The van der Waals surface area contributed by atoms with Gasteiger partial charge in [0.2, 0.25) is 5.91 Å². The van der Waals surface area contributed by atoms with E-state index in [-0.39, 0.29) is 5.69 Å². The molecular formula is C17H19N5O4S. The number of aliphatic hydroxyl groups is 1. The van der Waals surface area contributed by atoms with Gasteiger partial charge in [-0.1, -0.05) is 0 Å². The molecule has 0 bridgehead atoms. The second-order valence-corrected chi connectivity index (χ2v) is 7.22. The third-order valence-electron chi connectivity index (χ3n) is 3.90. The summed E-state index contributed by atoms with van der Waals surface area (Å²) in [5, 5.41) is 17.4. The van der Waals surface area contributed by atoms with Crippen LogP contribution in [0.25, 0.3) is 10.9 Å². The summed E-state index contributed by atoms with van der Waals surface area (Å²) < 4.78 is 7.19. The fraction of sp³-hybridized carbons (Fsp3) is 0.294. The highest BCUT2D eigenvalue weighted by molar-refractivity contribution is 7.11. The smallest absolute Gasteiger partial charge is 0.270 e. The molecule has 0 saturated carbocycles. The Morgan fingerprint density at radius 1 is 1.44 bits per heavy atom. The molecule has 0 spiro atoms. The topological polar surface area (TPSA) is 132 Å². The maximum atomic E-state index is 12.6. The van der Waals surface area contributed by atoms with Gasteiger partial charge in [-0.25, -0.2) is 4.98 Å². The fourth-order valence-corrected chi connectivity index (χ4v) is 3.30. The van der Waals surface area contributed by atoms with Crippen molar-refractivity contribution in [1.29, 1.82) is 0 Å². The van der Waals surface area contributed by atoms with Crippen LogP contribution in [0.4, 0.5) is 0 Å². The van der Waals surface area contributed by atoms with Crippen molar-refractivity contribution in [1.82, 2.24) is 20.1 Å². The summed E-state index contributed by atoms with van der Waals surface area (Å²) in [5.74, 6) is -0.807. The molecule has 142 valence electrons. The molecule has 2 amide bonds. The highest BCUT2D eigenvalue weighted by atomic mass is 32.1. The minimum absolute atomic E-state index is 0.240. The lowest BCUT2D eigenvalue weighted by molar-refractivity contribution is -0.120. The minimum atomic E-state index is -1.17. The third kappa shape index (κ3) is 4.07. The molecule has 0 radical (unpaired) electrons. The van der Waals surface area contributed by atoms with Crippen molar-refractivity contribution in [3.8, 4) is 5.75 Å². The van der Waals surface area contributed by atoms with Crippen LogP contribution in [0, 0.1) is 6.92 Å². The molecule has 27 heavy (non-hydrogen) atoms. The second-order valence-electron chi connectivity index (χ2n) is 5.90. The van der Waals surface area contributed by atoms with Gasteiger partial charge in [0.15, 0.2) is 0 Å². The second kappa shape index (κ2) is 7.72. The first-order chi connectivity index (χ1) is 12.9. The van der Waals surface area contributed by atoms with Gasteiger partial charge in [-0.3, -0.25) is 14.3 Å². The van der Waals surface area contributed by atoms with E-state index in [1.807, 2.05) is 6.92 Å². The van der Waals surface area contributed by atoms with Crippen molar-refractivity contribution in [2.24, 2.45) is 12.8 Å². The predicted octanol–water partition coefficient (Wildman–Crippen LogP) is 0.493. The van der Waals surface area contributed by atoms with E-state index in [0.717, 1.165) is 9.88 Å². The molecule has 0 aliphatic heterocycles. The lowest BCUT2D eigenvalue weighted by Crippen LogP contribution is -2.47. The average molecular weight is 389 g/mol. The molecule has 1 atom stereocenters. The van der Waals surface area contributed by atoms with Crippen LogP contribution in [-0.2, 0) is 18.4 Å². The number of hydrogen-bond acceptors (Lipinski definition) is 7. The zero-order chi connectivity index (χ0) is 19.6. The molecule has 0 saturated heterocycles. The Kier molecular flexibility index (Phi) is 5.38. The summed E-state index contributed by atoms with van der Waals surface area (Å²) in [6.45, 7) is 1.71. The van der Waals surface area contributed by atoms with Gasteiger partial charge in [0.05, 0.1) is 22.0 Å². The van der Waals surface area contributed by atoms with Crippen molar-refractivity contribution < 1.29 is 19.4 Å². The van der Waals surface area contributed by atoms with Crippen LogP contribution in [0.3, 0.4) is 0 Å². The SMILES string of the molecule is Cc1ncc(COc2ccc3nn(C)c(C(=O)N[C@@H](CO)C(N)=O)c3c2)s1. The zero-order valence-corrected chi connectivity index (χ0v) is 15.6. The highest BCUT2D eigenvalue weighted by Crippen LogP contribution is 2.25. The molecule has 0 fully saturated rings. The van der Waals surface area contributed by atoms with Gasteiger partial charge in [0.25, 0.3) is 5.91 Å². The van der Waals surface area contributed by atoms with Crippen LogP contribution < -0.4 is 15.8 Å². The van der Waals surface area contributed by atoms with E-state index >= 15 is 0 Å². The van der Waals surface area contributed by atoms with Crippen LogP contribution in [0.5, 0.6) is 5.75 Å². The van der Waals surface area contributed by atoms with Crippen molar-refractivity contribution >= 4 is 34.1 Å². The van der Waals surface area contributed by atoms with Crippen molar-refractivity contribution in [2.75, 3.05) is 6.61 Å². The Hall–Kier alpha value is -2.98. The Morgan fingerprint density at radius 3 is 2.85 bits per heavy atom. The number of carbonyl (C=O) groups excluding carboxylic acids is 2. The normalized spacial score (nSPS) is 12.1. The number of nitrogens with one attached hydrogen (secondary N) is 1. The Morgan fingerprint density at radius 2 is 2.22 bits per heavy atom. The summed E-state index contributed by atoms with van der Waals surface area (Å²) in [6.07, 6.45) is 1.76. The predicted molar refractivity (Wildman–Crippen MR) is 99.4 cm³/mol. The van der Waals surface area contributed by atoms with E-state index in [9.17, 15) is 14.7 Å². The van der Waals surface area contributed by atoms with Crippen molar-refractivity contribution in [3.05, 3.63) is 40.0 Å². The number of amides is 2. The molecule has 9 nitrogen and oxygen atoms in total. The zero-order valence-electron chi connectivity index (χ0n) is 14.8. The molecule has 1 aromatic carbocycles. The number of carbonyl (C=O) groups is 2. The van der Waals surface area contributed by atoms with Gasteiger partial charge in [0.1, 0.15) is 24.1 Å². The van der Waals surface area contributed by atoms with E-state index in [2.05, 4.69) is 15.4 Å². The van der Waals surface area contributed by atoms with Gasteiger partial charge < -0.3 is 20.9 Å². The molecule has 0 unspecified atom stereocenters. The number of benzene rings is 1. The molecule has 2 aromatic heterocycles. The average Bonchev–Trinajstić information content (AvgIpc) is 3.19. The lowest BCUT2D eigenvalue weighted by atomic mass is 10.1. The number of rotatable bonds is 7. The van der Waals surface area contributed by atoms with Gasteiger partial charge in [-0.05, 0) is 25.1 Å². The van der Waals surface area contributed by atoms with E-state index < -0.39 is 24.5 Å². The number of ether oxygens (including phenoxy) is 1. The fourth-order valence-electron chi connectivity index (χ4n) is 2.60. The van der Waals surface area contributed by atoms with Crippen molar-refractivity contribution in [3.63, 3.8) is 0 Å². The summed E-state index contributed by atoms with van der Waals surface area (Å²) in [5.41, 5.74) is 6.00. The number of thiazole rings is 1. The number of primary amides is 1. The number of aromatic nitrogens is 3. The van der Waals surface area contributed by atoms with Crippen molar-refractivity contribution in [2.45, 2.75) is 19.6 Å². The Labute approximate surface area is 158 Å². The van der Waals surface area contributed by atoms with Gasteiger partial charge in [0, 0.05) is 18.6 Å². The number of nitrogens with two attached hydrogens (primary N) is 1. The van der Waals surface area contributed by atoms with Crippen LogP contribution in [-0.4, -0.2) is 44.3 Å². The van der Waals surface area contributed by atoms with Gasteiger partial charge in [-0.2, -0.15) is 5.10 Å². The van der Waals surface area contributed by atoms with Crippen LogP contribution >= 0.6 is 11.3 Å². The lowest BCUT2D eigenvalue weighted by Gasteiger charge is -2.12.